The van der Waals surface area contributed by atoms with Crippen LogP contribution >= 0.6 is 23.2 Å². The van der Waals surface area contributed by atoms with Crippen molar-refractivity contribution in [2.24, 2.45) is 4.99 Å². The molecule has 2 aromatic rings. The molecule has 0 saturated heterocycles. The fourth-order valence-electron chi connectivity index (χ4n) is 2.57. The van der Waals surface area contributed by atoms with E-state index in [9.17, 15) is 13.6 Å². The Kier molecular flexibility index (Phi) is 4.21. The molecule has 0 aromatic heterocycles. The van der Waals surface area contributed by atoms with E-state index in [4.69, 9.17) is 23.2 Å². The van der Waals surface area contributed by atoms with E-state index in [1.807, 2.05) is 0 Å². The van der Waals surface area contributed by atoms with Crippen molar-refractivity contribution in [3.63, 3.8) is 0 Å². The van der Waals surface area contributed by atoms with Gasteiger partial charge in [-0.25, -0.2) is 8.78 Å². The van der Waals surface area contributed by atoms with Gasteiger partial charge in [-0.05, 0) is 30.7 Å². The maximum absolute atomic E-state index is 14.2. The maximum atomic E-state index is 14.2. The van der Waals surface area contributed by atoms with Crippen molar-refractivity contribution in [2.75, 3.05) is 0 Å². The van der Waals surface area contributed by atoms with Crippen LogP contribution in [0.15, 0.2) is 35.3 Å². The number of fused-ring (bicyclic) bond motifs is 1. The summed E-state index contributed by atoms with van der Waals surface area (Å²) in [6.07, 6.45) is 0.0798. The van der Waals surface area contributed by atoms with Crippen molar-refractivity contribution >= 4 is 34.7 Å². The van der Waals surface area contributed by atoms with Crippen LogP contribution < -0.4 is 0 Å². The highest BCUT2D eigenvalue weighted by Crippen LogP contribution is 2.34. The Balaban J connectivity index is 2.38. The molecule has 1 heterocycles. The van der Waals surface area contributed by atoms with Crippen LogP contribution in [0.3, 0.4) is 0 Å². The first-order valence-electron chi connectivity index (χ1n) is 6.92. The van der Waals surface area contributed by atoms with E-state index < -0.39 is 17.7 Å². The molecule has 2 aromatic carbocycles. The van der Waals surface area contributed by atoms with E-state index in [0.717, 1.165) is 12.1 Å². The summed E-state index contributed by atoms with van der Waals surface area (Å²) in [6.45, 7) is 1.59. The Labute approximate surface area is 141 Å². The average molecular weight is 354 g/mol. The van der Waals surface area contributed by atoms with E-state index in [-0.39, 0.29) is 33.5 Å². The zero-order chi connectivity index (χ0) is 16.7. The van der Waals surface area contributed by atoms with Crippen LogP contribution in [0, 0.1) is 11.6 Å². The Morgan fingerprint density at radius 2 is 1.74 bits per heavy atom. The lowest BCUT2D eigenvalue weighted by Gasteiger charge is -2.14. The van der Waals surface area contributed by atoms with Crippen LogP contribution in [0.5, 0.6) is 0 Å². The predicted molar refractivity (Wildman–Crippen MR) is 86.6 cm³/mol. The molecule has 3 rings (SSSR count). The number of rotatable bonds is 1. The Morgan fingerprint density at radius 1 is 1.09 bits per heavy atom. The van der Waals surface area contributed by atoms with Gasteiger partial charge in [-0.15, -0.1) is 0 Å². The normalized spacial score (nSPS) is 17.5. The molecule has 0 N–H and O–H groups in total. The van der Waals surface area contributed by atoms with E-state index in [1.54, 1.807) is 19.1 Å². The number of benzene rings is 2. The standard InChI is InChI=1S/C17H11Cl2F2NO/c1-8-13(23)7-9-5-6-10(18)16(19)14(9)17(22-8)15-11(20)3-2-4-12(15)21/h2-6,8H,7H2,1H3/t8-/m0/s1. The lowest BCUT2D eigenvalue weighted by Crippen LogP contribution is -2.16. The molecule has 6 heteroatoms. The minimum atomic E-state index is -0.771. The molecule has 0 saturated carbocycles. The number of aliphatic imine (C=N–C) groups is 1. The van der Waals surface area contributed by atoms with Crippen LogP contribution in [0.1, 0.15) is 23.6 Å². The van der Waals surface area contributed by atoms with Crippen LogP contribution in [0.4, 0.5) is 8.78 Å². The van der Waals surface area contributed by atoms with Crippen LogP contribution in [-0.2, 0) is 11.2 Å². The van der Waals surface area contributed by atoms with Gasteiger partial charge in [0.2, 0.25) is 0 Å². The first-order valence-corrected chi connectivity index (χ1v) is 7.68. The largest absolute Gasteiger partial charge is 0.297 e. The van der Waals surface area contributed by atoms with E-state index in [2.05, 4.69) is 4.99 Å². The minimum absolute atomic E-state index is 0.0152. The summed E-state index contributed by atoms with van der Waals surface area (Å²) < 4.78 is 28.5. The molecule has 0 spiro atoms. The highest BCUT2D eigenvalue weighted by Gasteiger charge is 2.29. The number of hydrogen-bond donors (Lipinski definition) is 0. The molecule has 0 bridgehead atoms. The third-order valence-electron chi connectivity index (χ3n) is 3.77. The fourth-order valence-corrected chi connectivity index (χ4v) is 3.00. The second kappa shape index (κ2) is 6.02. The summed E-state index contributed by atoms with van der Waals surface area (Å²) in [5, 5.41) is 0.365. The zero-order valence-electron chi connectivity index (χ0n) is 12.0. The lowest BCUT2D eigenvalue weighted by molar-refractivity contribution is -0.119. The lowest BCUT2D eigenvalue weighted by atomic mass is 9.95. The number of nitrogens with zero attached hydrogens (tertiary/aromatic N) is 1. The zero-order valence-corrected chi connectivity index (χ0v) is 13.6. The molecule has 0 amide bonds. The third-order valence-corrected chi connectivity index (χ3v) is 4.58. The van der Waals surface area contributed by atoms with Crippen molar-refractivity contribution < 1.29 is 13.6 Å². The summed E-state index contributed by atoms with van der Waals surface area (Å²) >= 11 is 12.3. The average Bonchev–Trinajstić information content (AvgIpc) is 2.61. The summed E-state index contributed by atoms with van der Waals surface area (Å²) in [7, 11) is 0. The van der Waals surface area contributed by atoms with Gasteiger partial charge in [-0.2, -0.15) is 0 Å². The van der Waals surface area contributed by atoms with Crippen LogP contribution in [0.25, 0.3) is 0 Å². The van der Waals surface area contributed by atoms with Gasteiger partial charge < -0.3 is 0 Å². The van der Waals surface area contributed by atoms with E-state index >= 15 is 0 Å². The van der Waals surface area contributed by atoms with Crippen LogP contribution in [-0.4, -0.2) is 17.5 Å². The number of ketones is 1. The molecular formula is C17H11Cl2F2NO. The van der Waals surface area contributed by atoms with Crippen molar-refractivity contribution in [3.05, 3.63) is 68.7 Å². The second-order valence-corrected chi connectivity index (χ2v) is 6.07. The Bertz CT molecular complexity index is 828. The SMILES string of the molecule is C[C@@H]1N=C(c2c(F)cccc2F)c2c(ccc(Cl)c2Cl)CC1=O. The summed E-state index contributed by atoms with van der Waals surface area (Å²) in [5.74, 6) is -1.70. The molecule has 0 unspecified atom stereocenters. The van der Waals surface area contributed by atoms with Gasteiger partial charge in [0.05, 0.1) is 21.3 Å². The molecule has 0 aliphatic carbocycles. The van der Waals surface area contributed by atoms with E-state index in [0.29, 0.717) is 11.1 Å². The van der Waals surface area contributed by atoms with Gasteiger partial charge in [0.1, 0.15) is 17.7 Å². The summed E-state index contributed by atoms with van der Waals surface area (Å²) in [4.78, 5) is 16.4. The number of carbonyl (C=O) groups is 1. The topological polar surface area (TPSA) is 29.4 Å². The second-order valence-electron chi connectivity index (χ2n) is 5.29. The highest BCUT2D eigenvalue weighted by atomic mass is 35.5. The van der Waals surface area contributed by atoms with Crippen molar-refractivity contribution in [2.45, 2.75) is 19.4 Å². The highest BCUT2D eigenvalue weighted by molar-refractivity contribution is 6.45. The monoisotopic (exact) mass is 353 g/mol. The van der Waals surface area contributed by atoms with Gasteiger partial charge in [0.25, 0.3) is 0 Å². The molecular weight excluding hydrogens is 343 g/mol. The van der Waals surface area contributed by atoms with Gasteiger partial charge in [0.15, 0.2) is 5.78 Å². The molecule has 2 nitrogen and oxygen atoms in total. The maximum Gasteiger partial charge on any atom is 0.161 e. The number of Topliss-reactive ketones (excluding diaryl/α,β-unsaturated/α-hetero) is 1. The van der Waals surface area contributed by atoms with Gasteiger partial charge in [-0.1, -0.05) is 35.3 Å². The molecule has 1 aliphatic heterocycles. The van der Waals surface area contributed by atoms with Gasteiger partial charge in [-0.3, -0.25) is 9.79 Å². The molecule has 23 heavy (non-hydrogen) atoms. The molecule has 1 atom stereocenters. The molecule has 0 fully saturated rings. The summed E-state index contributed by atoms with van der Waals surface area (Å²) in [5.41, 5.74) is 0.567. The first-order chi connectivity index (χ1) is 10.9. The number of carbonyl (C=O) groups excluding carboxylic acids is 1. The number of hydrogen-bond acceptors (Lipinski definition) is 2. The summed E-state index contributed by atoms with van der Waals surface area (Å²) in [6, 6.07) is 5.99. The third kappa shape index (κ3) is 2.77. The van der Waals surface area contributed by atoms with Crippen molar-refractivity contribution in [3.8, 4) is 0 Å². The van der Waals surface area contributed by atoms with Crippen molar-refractivity contribution in [1.29, 1.82) is 0 Å². The van der Waals surface area contributed by atoms with E-state index in [1.165, 1.54) is 6.07 Å². The van der Waals surface area contributed by atoms with Crippen LogP contribution in [0.2, 0.25) is 10.0 Å². The Hall–Kier alpha value is -1.78. The Morgan fingerprint density at radius 3 is 2.39 bits per heavy atom. The fraction of sp³-hybridized carbons (Fsp3) is 0.176. The first kappa shape index (κ1) is 16.1. The quantitative estimate of drug-likeness (QED) is 0.735. The van der Waals surface area contributed by atoms with Gasteiger partial charge in [0, 0.05) is 12.0 Å². The smallest absolute Gasteiger partial charge is 0.161 e. The molecule has 1 aliphatic rings. The predicted octanol–water partition coefficient (Wildman–Crippen LogP) is 4.62. The molecule has 118 valence electrons. The minimum Gasteiger partial charge on any atom is -0.297 e. The number of halogens is 4. The van der Waals surface area contributed by atoms with Crippen molar-refractivity contribution in [1.82, 2.24) is 0 Å². The van der Waals surface area contributed by atoms with Gasteiger partial charge >= 0.3 is 0 Å². The molecule has 0 radical (unpaired) electrons.